The first-order valence-electron chi connectivity index (χ1n) is 14.4. The minimum Gasteiger partial charge on any atom is -0.455 e. The number of fused-ring (bicyclic) bond motifs is 9. The Hall–Kier alpha value is -4.96. The van der Waals surface area contributed by atoms with E-state index in [-0.39, 0.29) is 0 Å². The molecular formula is C37H31N3O. The Morgan fingerprint density at radius 3 is 2.15 bits per heavy atom. The van der Waals surface area contributed by atoms with E-state index < -0.39 is 0 Å². The average Bonchev–Trinajstić information content (AvgIpc) is 3.64. The summed E-state index contributed by atoms with van der Waals surface area (Å²) in [4.78, 5) is 0. The van der Waals surface area contributed by atoms with Crippen molar-refractivity contribution in [3.05, 3.63) is 114 Å². The molecule has 41 heavy (non-hydrogen) atoms. The normalized spacial score (nSPS) is 11.5. The molecule has 0 radical (unpaired) electrons. The Balaban J connectivity index is 0.00000135. The first-order valence-corrected chi connectivity index (χ1v) is 14.4. The minimum absolute atomic E-state index is 0.838. The van der Waals surface area contributed by atoms with Crippen molar-refractivity contribution in [1.29, 1.82) is 0 Å². The van der Waals surface area contributed by atoms with Crippen LogP contribution in [0.4, 0.5) is 0 Å². The van der Waals surface area contributed by atoms with Crippen LogP contribution < -0.4 is 0 Å². The molecule has 200 valence electrons. The predicted octanol–water partition coefficient (Wildman–Crippen LogP) is 10.2. The number of aromatic nitrogens is 3. The summed E-state index contributed by atoms with van der Waals surface area (Å²) in [5.74, 6) is 0.838. The van der Waals surface area contributed by atoms with Crippen LogP contribution in [0.25, 0.3) is 71.8 Å². The fourth-order valence-electron chi connectivity index (χ4n) is 5.95. The highest BCUT2D eigenvalue weighted by Crippen LogP contribution is 2.38. The summed E-state index contributed by atoms with van der Waals surface area (Å²) in [6.45, 7) is 8.33. The van der Waals surface area contributed by atoms with Gasteiger partial charge in [0.05, 0.1) is 5.52 Å². The second kappa shape index (κ2) is 9.90. The van der Waals surface area contributed by atoms with Crippen LogP contribution in [-0.4, -0.2) is 14.6 Å². The molecule has 0 saturated heterocycles. The third kappa shape index (κ3) is 3.90. The molecule has 0 spiro atoms. The largest absolute Gasteiger partial charge is 0.455 e. The predicted molar refractivity (Wildman–Crippen MR) is 172 cm³/mol. The fraction of sp³-hybridized carbons (Fsp3) is 0.135. The van der Waals surface area contributed by atoms with E-state index in [9.17, 15) is 0 Å². The molecule has 0 fully saturated rings. The fourth-order valence-corrected chi connectivity index (χ4v) is 5.95. The van der Waals surface area contributed by atoms with E-state index >= 15 is 0 Å². The standard InChI is InChI=1S/C35H25N3O.C2H6/c1-3-22-19-28(33-30(20-22)29-18-21(2)12-17-32(29)39-33)23-13-15-24(16-14-23)34-36-37-35-27-10-5-4-8-25(27)26-9-6-7-11-31(26)38(34)35;1-2/h4-20H,3H2,1-2H3;1-2H3. The van der Waals surface area contributed by atoms with Crippen molar-refractivity contribution < 1.29 is 4.42 Å². The zero-order chi connectivity index (χ0) is 28.1. The molecule has 0 aliphatic heterocycles. The third-order valence-electron chi connectivity index (χ3n) is 7.91. The Labute approximate surface area is 238 Å². The van der Waals surface area contributed by atoms with Gasteiger partial charge in [-0.05, 0) is 60.2 Å². The molecule has 4 nitrogen and oxygen atoms in total. The molecule has 5 aromatic carbocycles. The molecule has 0 unspecified atom stereocenters. The average molecular weight is 534 g/mol. The first-order chi connectivity index (χ1) is 20.2. The van der Waals surface area contributed by atoms with Crippen molar-refractivity contribution in [1.82, 2.24) is 14.6 Å². The van der Waals surface area contributed by atoms with Crippen LogP contribution >= 0.6 is 0 Å². The molecule has 4 heteroatoms. The molecule has 8 rings (SSSR count). The van der Waals surface area contributed by atoms with Gasteiger partial charge in [0, 0.05) is 32.7 Å². The van der Waals surface area contributed by atoms with E-state index in [4.69, 9.17) is 4.42 Å². The summed E-state index contributed by atoms with van der Waals surface area (Å²) in [6.07, 6.45) is 0.965. The van der Waals surface area contributed by atoms with Crippen LogP contribution in [0.15, 0.2) is 108 Å². The highest BCUT2D eigenvalue weighted by molar-refractivity contribution is 6.12. The maximum absolute atomic E-state index is 6.42. The quantitative estimate of drug-likeness (QED) is 0.212. The Kier molecular flexibility index (Phi) is 6.05. The molecule has 0 saturated carbocycles. The topological polar surface area (TPSA) is 43.3 Å². The summed E-state index contributed by atoms with van der Waals surface area (Å²) < 4.78 is 8.60. The van der Waals surface area contributed by atoms with Gasteiger partial charge in [-0.25, -0.2) is 0 Å². The number of hydrogen-bond donors (Lipinski definition) is 0. The second-order valence-electron chi connectivity index (χ2n) is 10.3. The Morgan fingerprint density at radius 2 is 1.37 bits per heavy atom. The second-order valence-corrected chi connectivity index (χ2v) is 10.3. The molecule has 8 aromatic rings. The Morgan fingerprint density at radius 1 is 0.659 bits per heavy atom. The Bertz CT molecular complexity index is 2220. The summed E-state index contributed by atoms with van der Waals surface area (Å²) in [6, 6.07) is 36.5. The number of pyridine rings is 1. The lowest BCUT2D eigenvalue weighted by Crippen LogP contribution is -1.94. The van der Waals surface area contributed by atoms with E-state index in [1.54, 1.807) is 0 Å². The maximum Gasteiger partial charge on any atom is 0.169 e. The van der Waals surface area contributed by atoms with Crippen LogP contribution in [0.3, 0.4) is 0 Å². The summed E-state index contributed by atoms with van der Waals surface area (Å²) in [7, 11) is 0. The van der Waals surface area contributed by atoms with Crippen molar-refractivity contribution in [3.8, 4) is 22.5 Å². The number of furan rings is 1. The van der Waals surface area contributed by atoms with E-state index in [2.05, 4.69) is 132 Å². The van der Waals surface area contributed by atoms with Crippen LogP contribution in [0.2, 0.25) is 0 Å². The van der Waals surface area contributed by atoms with Gasteiger partial charge in [0.1, 0.15) is 11.2 Å². The van der Waals surface area contributed by atoms with Gasteiger partial charge >= 0.3 is 0 Å². The van der Waals surface area contributed by atoms with Crippen molar-refractivity contribution in [2.75, 3.05) is 0 Å². The van der Waals surface area contributed by atoms with Crippen LogP contribution in [0.1, 0.15) is 31.9 Å². The van der Waals surface area contributed by atoms with E-state index in [1.165, 1.54) is 32.7 Å². The molecule has 0 bridgehead atoms. The molecule has 0 N–H and O–H groups in total. The third-order valence-corrected chi connectivity index (χ3v) is 7.91. The van der Waals surface area contributed by atoms with Crippen molar-refractivity contribution in [2.45, 2.75) is 34.1 Å². The minimum atomic E-state index is 0.838. The van der Waals surface area contributed by atoms with Gasteiger partial charge in [-0.15, -0.1) is 10.2 Å². The highest BCUT2D eigenvalue weighted by Gasteiger charge is 2.17. The number of aryl methyl sites for hydroxylation is 2. The van der Waals surface area contributed by atoms with Gasteiger partial charge in [-0.1, -0.05) is 99.1 Å². The molecular weight excluding hydrogens is 502 g/mol. The molecule has 0 aliphatic rings. The van der Waals surface area contributed by atoms with Crippen LogP contribution in [0.5, 0.6) is 0 Å². The summed E-state index contributed by atoms with van der Waals surface area (Å²) >= 11 is 0. The number of rotatable bonds is 3. The van der Waals surface area contributed by atoms with Gasteiger partial charge in [0.25, 0.3) is 0 Å². The lowest BCUT2D eigenvalue weighted by Gasteiger charge is -2.10. The van der Waals surface area contributed by atoms with Crippen molar-refractivity contribution in [2.24, 2.45) is 0 Å². The highest BCUT2D eigenvalue weighted by atomic mass is 16.3. The van der Waals surface area contributed by atoms with E-state index in [0.717, 1.165) is 56.7 Å². The molecule has 0 atom stereocenters. The zero-order valence-electron chi connectivity index (χ0n) is 23.8. The number of para-hydroxylation sites is 1. The summed E-state index contributed by atoms with van der Waals surface area (Å²) in [5.41, 5.74) is 9.64. The van der Waals surface area contributed by atoms with Gasteiger partial charge < -0.3 is 4.42 Å². The van der Waals surface area contributed by atoms with E-state index in [1.807, 2.05) is 13.8 Å². The van der Waals surface area contributed by atoms with Crippen molar-refractivity contribution >= 4 is 49.3 Å². The van der Waals surface area contributed by atoms with Crippen LogP contribution in [-0.2, 0) is 6.42 Å². The molecule has 0 aliphatic carbocycles. The van der Waals surface area contributed by atoms with Gasteiger partial charge in [-0.2, -0.15) is 0 Å². The van der Waals surface area contributed by atoms with Crippen molar-refractivity contribution in [3.63, 3.8) is 0 Å². The van der Waals surface area contributed by atoms with Crippen LogP contribution in [0, 0.1) is 6.92 Å². The van der Waals surface area contributed by atoms with Gasteiger partial charge in [0.2, 0.25) is 0 Å². The lowest BCUT2D eigenvalue weighted by molar-refractivity contribution is 0.670. The zero-order valence-corrected chi connectivity index (χ0v) is 23.8. The lowest BCUT2D eigenvalue weighted by atomic mass is 9.97. The molecule has 3 heterocycles. The van der Waals surface area contributed by atoms with Gasteiger partial charge in [0.15, 0.2) is 11.5 Å². The van der Waals surface area contributed by atoms with Gasteiger partial charge in [-0.3, -0.25) is 4.40 Å². The van der Waals surface area contributed by atoms with E-state index in [0.29, 0.717) is 0 Å². The number of hydrogen-bond acceptors (Lipinski definition) is 3. The SMILES string of the molecule is CC.CCc1cc(-c2ccc(-c3nnc4c5ccccc5c5ccccc5n34)cc2)c2oc3ccc(C)cc3c2c1. The summed E-state index contributed by atoms with van der Waals surface area (Å²) in [5, 5.41) is 15.2. The first kappa shape index (κ1) is 25.0. The number of nitrogens with zero attached hydrogens (tertiary/aromatic N) is 3. The molecule has 0 amide bonds. The maximum atomic E-state index is 6.42. The molecule has 3 aromatic heterocycles. The monoisotopic (exact) mass is 533 g/mol. The number of benzene rings is 5. The smallest absolute Gasteiger partial charge is 0.169 e.